The maximum absolute atomic E-state index is 9.92. The van der Waals surface area contributed by atoms with E-state index in [4.69, 9.17) is 4.74 Å². The Balaban J connectivity index is 1.61. The number of benzene rings is 1. The van der Waals surface area contributed by atoms with Crippen molar-refractivity contribution in [3.05, 3.63) is 29.3 Å². The van der Waals surface area contributed by atoms with E-state index in [1.54, 1.807) is 0 Å². The second kappa shape index (κ2) is 7.65. The summed E-state index contributed by atoms with van der Waals surface area (Å²) in [5.41, 5.74) is 2.29. The van der Waals surface area contributed by atoms with Gasteiger partial charge >= 0.3 is 0 Å². The molecule has 1 aromatic carbocycles. The highest BCUT2D eigenvalue weighted by molar-refractivity contribution is 5.35. The van der Waals surface area contributed by atoms with Crippen molar-refractivity contribution in [3.8, 4) is 5.75 Å². The van der Waals surface area contributed by atoms with Gasteiger partial charge in [0.15, 0.2) is 0 Å². The average Bonchev–Trinajstić information content (AvgIpc) is 2.37. The van der Waals surface area contributed by atoms with Gasteiger partial charge in [-0.3, -0.25) is 0 Å². The number of rotatable bonds is 8. The average molecular weight is 277 g/mol. The van der Waals surface area contributed by atoms with Crippen LogP contribution in [0, 0.1) is 19.8 Å². The Kier molecular flexibility index (Phi) is 5.86. The smallest absolute Gasteiger partial charge is 0.122 e. The summed E-state index contributed by atoms with van der Waals surface area (Å²) < 4.78 is 5.70. The number of nitrogens with one attached hydrogen (secondary N) is 1. The zero-order valence-electron chi connectivity index (χ0n) is 12.7. The third kappa shape index (κ3) is 4.80. The lowest BCUT2D eigenvalue weighted by Gasteiger charge is -2.25. The van der Waals surface area contributed by atoms with Crippen LogP contribution in [0.4, 0.5) is 0 Å². The fourth-order valence-electron chi connectivity index (χ4n) is 2.46. The van der Waals surface area contributed by atoms with Gasteiger partial charge < -0.3 is 15.2 Å². The number of hydrogen-bond acceptors (Lipinski definition) is 3. The van der Waals surface area contributed by atoms with Crippen molar-refractivity contribution in [2.75, 3.05) is 19.7 Å². The first-order valence-corrected chi connectivity index (χ1v) is 7.74. The largest absolute Gasteiger partial charge is 0.491 e. The molecule has 2 N–H and O–H groups in total. The topological polar surface area (TPSA) is 41.5 Å². The molecule has 0 heterocycles. The minimum absolute atomic E-state index is 0.348. The Labute approximate surface area is 122 Å². The maximum Gasteiger partial charge on any atom is 0.122 e. The molecule has 1 aliphatic rings. The van der Waals surface area contributed by atoms with Crippen LogP contribution in [0.3, 0.4) is 0 Å². The van der Waals surface area contributed by atoms with Gasteiger partial charge in [-0.1, -0.05) is 31.4 Å². The lowest BCUT2D eigenvalue weighted by molar-refractivity contribution is 0.105. The van der Waals surface area contributed by atoms with E-state index in [1.165, 1.54) is 31.2 Å². The molecule has 0 saturated heterocycles. The molecular weight excluding hydrogens is 250 g/mol. The Morgan fingerprint density at radius 1 is 1.35 bits per heavy atom. The first-order chi connectivity index (χ1) is 9.65. The normalized spacial score (nSPS) is 16.8. The lowest BCUT2D eigenvalue weighted by atomic mass is 9.83. The summed E-state index contributed by atoms with van der Waals surface area (Å²) in [5.74, 6) is 1.80. The van der Waals surface area contributed by atoms with Crippen molar-refractivity contribution in [1.82, 2.24) is 5.32 Å². The van der Waals surface area contributed by atoms with E-state index in [0.717, 1.165) is 23.8 Å². The summed E-state index contributed by atoms with van der Waals surface area (Å²) >= 11 is 0. The van der Waals surface area contributed by atoms with Crippen molar-refractivity contribution in [3.63, 3.8) is 0 Å². The van der Waals surface area contributed by atoms with E-state index < -0.39 is 6.10 Å². The van der Waals surface area contributed by atoms with Gasteiger partial charge in [-0.2, -0.15) is 0 Å². The molecule has 0 aromatic heterocycles. The molecule has 1 aromatic rings. The predicted octanol–water partition coefficient (Wildman–Crippen LogP) is 2.82. The van der Waals surface area contributed by atoms with Gasteiger partial charge in [-0.25, -0.2) is 0 Å². The van der Waals surface area contributed by atoms with Crippen LogP contribution in [0.2, 0.25) is 0 Å². The van der Waals surface area contributed by atoms with Gasteiger partial charge in [0.25, 0.3) is 0 Å². The molecule has 3 nitrogen and oxygen atoms in total. The molecular formula is C17H27NO2. The standard InChI is InChI=1S/C17H27NO2/c1-13-6-7-14(2)17(10-13)20-12-16(19)11-18-9-8-15-4-3-5-15/h6-7,10,15-16,18-19H,3-5,8-9,11-12H2,1-2H3. The van der Waals surface area contributed by atoms with Gasteiger partial charge in [-0.15, -0.1) is 0 Å². The Hall–Kier alpha value is -1.06. The summed E-state index contributed by atoms with van der Waals surface area (Å²) in [6.45, 7) is 6.03. The molecule has 112 valence electrons. The van der Waals surface area contributed by atoms with E-state index in [2.05, 4.69) is 11.4 Å². The third-order valence-electron chi connectivity index (χ3n) is 4.11. The van der Waals surface area contributed by atoms with Crippen LogP contribution in [0.5, 0.6) is 5.75 Å². The molecule has 1 atom stereocenters. The Morgan fingerprint density at radius 3 is 2.85 bits per heavy atom. The molecule has 20 heavy (non-hydrogen) atoms. The fraction of sp³-hybridized carbons (Fsp3) is 0.647. The summed E-state index contributed by atoms with van der Waals surface area (Å²) in [7, 11) is 0. The number of aryl methyl sites for hydroxylation is 2. The van der Waals surface area contributed by atoms with E-state index in [9.17, 15) is 5.11 Å². The number of hydrogen-bond donors (Lipinski definition) is 2. The highest BCUT2D eigenvalue weighted by atomic mass is 16.5. The molecule has 1 aliphatic carbocycles. The number of ether oxygens (including phenoxy) is 1. The zero-order chi connectivity index (χ0) is 14.4. The minimum atomic E-state index is -0.448. The van der Waals surface area contributed by atoms with E-state index in [0.29, 0.717) is 13.2 Å². The second-order valence-electron chi connectivity index (χ2n) is 6.02. The van der Waals surface area contributed by atoms with Crippen LogP contribution in [0.25, 0.3) is 0 Å². The molecule has 0 aliphatic heterocycles. The summed E-state index contributed by atoms with van der Waals surface area (Å²) in [4.78, 5) is 0. The monoisotopic (exact) mass is 277 g/mol. The molecule has 1 unspecified atom stereocenters. The SMILES string of the molecule is Cc1ccc(C)c(OCC(O)CNCCC2CCC2)c1. The van der Waals surface area contributed by atoms with Crippen molar-refractivity contribution in [2.24, 2.45) is 5.92 Å². The van der Waals surface area contributed by atoms with Gasteiger partial charge in [0.2, 0.25) is 0 Å². The van der Waals surface area contributed by atoms with Crippen molar-refractivity contribution >= 4 is 0 Å². The van der Waals surface area contributed by atoms with Crippen molar-refractivity contribution in [1.29, 1.82) is 0 Å². The minimum Gasteiger partial charge on any atom is -0.491 e. The molecule has 0 radical (unpaired) electrons. The van der Waals surface area contributed by atoms with Gasteiger partial charge in [0.05, 0.1) is 0 Å². The van der Waals surface area contributed by atoms with Gasteiger partial charge in [0, 0.05) is 6.54 Å². The molecule has 3 heteroatoms. The fourth-order valence-corrected chi connectivity index (χ4v) is 2.46. The molecule has 0 amide bonds. The summed E-state index contributed by atoms with van der Waals surface area (Å²) in [6.07, 6.45) is 4.97. The molecule has 1 saturated carbocycles. The van der Waals surface area contributed by atoms with Crippen LogP contribution in [0.15, 0.2) is 18.2 Å². The van der Waals surface area contributed by atoms with E-state index in [-0.39, 0.29) is 0 Å². The van der Waals surface area contributed by atoms with E-state index in [1.807, 2.05) is 26.0 Å². The van der Waals surface area contributed by atoms with Crippen molar-refractivity contribution < 1.29 is 9.84 Å². The summed E-state index contributed by atoms with van der Waals surface area (Å²) in [5, 5.41) is 13.2. The van der Waals surface area contributed by atoms with Crippen LogP contribution in [-0.4, -0.2) is 30.9 Å². The number of aliphatic hydroxyl groups excluding tert-OH is 1. The van der Waals surface area contributed by atoms with Crippen LogP contribution in [-0.2, 0) is 0 Å². The summed E-state index contributed by atoms with van der Waals surface area (Å²) in [6, 6.07) is 6.14. The first-order valence-electron chi connectivity index (χ1n) is 7.74. The maximum atomic E-state index is 9.92. The van der Waals surface area contributed by atoms with Gasteiger partial charge in [-0.05, 0) is 49.9 Å². The van der Waals surface area contributed by atoms with Gasteiger partial charge in [0.1, 0.15) is 18.5 Å². The predicted molar refractivity (Wildman–Crippen MR) is 82.2 cm³/mol. The molecule has 2 rings (SSSR count). The highest BCUT2D eigenvalue weighted by Crippen LogP contribution is 2.28. The number of aliphatic hydroxyl groups is 1. The van der Waals surface area contributed by atoms with Crippen LogP contribution in [0.1, 0.15) is 36.8 Å². The molecule has 1 fully saturated rings. The molecule has 0 bridgehead atoms. The van der Waals surface area contributed by atoms with Crippen LogP contribution < -0.4 is 10.1 Å². The molecule has 0 spiro atoms. The quantitative estimate of drug-likeness (QED) is 0.718. The first kappa shape index (κ1) is 15.3. The van der Waals surface area contributed by atoms with E-state index >= 15 is 0 Å². The third-order valence-corrected chi connectivity index (χ3v) is 4.11. The lowest BCUT2D eigenvalue weighted by Crippen LogP contribution is -2.33. The Bertz CT molecular complexity index is 415. The Morgan fingerprint density at radius 2 is 2.15 bits per heavy atom. The second-order valence-corrected chi connectivity index (χ2v) is 6.02. The zero-order valence-corrected chi connectivity index (χ0v) is 12.7. The van der Waals surface area contributed by atoms with Crippen molar-refractivity contribution in [2.45, 2.75) is 45.6 Å². The highest BCUT2D eigenvalue weighted by Gasteiger charge is 2.16. The van der Waals surface area contributed by atoms with Crippen LogP contribution >= 0.6 is 0 Å².